The molecule has 1 aliphatic carbocycles. The first-order chi connectivity index (χ1) is 9.92. The lowest BCUT2D eigenvalue weighted by Gasteiger charge is -2.03. The van der Waals surface area contributed by atoms with Crippen molar-refractivity contribution >= 4 is 0 Å². The smallest absolute Gasteiger partial charge is 0.0568 e. The Labute approximate surface area is 121 Å². The molecule has 1 N–H and O–H groups in total. The Hall–Kier alpha value is -1.61. The summed E-state index contributed by atoms with van der Waals surface area (Å²) in [6.07, 6.45) is 10.7. The highest BCUT2D eigenvalue weighted by molar-refractivity contribution is 5.61. The van der Waals surface area contributed by atoms with Crippen LogP contribution in [0.25, 0.3) is 11.1 Å². The molecule has 3 heteroatoms. The molecule has 2 aromatic rings. The molecule has 1 saturated carbocycles. The van der Waals surface area contributed by atoms with Gasteiger partial charge < -0.3 is 5.32 Å². The van der Waals surface area contributed by atoms with Gasteiger partial charge in [-0.1, -0.05) is 36.8 Å². The predicted molar refractivity (Wildman–Crippen MR) is 82.5 cm³/mol. The molecule has 1 fully saturated rings. The molecule has 3 nitrogen and oxygen atoms in total. The zero-order valence-electron chi connectivity index (χ0n) is 12.0. The fraction of sp³-hybridized carbons (Fsp3) is 0.471. The first-order valence-corrected chi connectivity index (χ1v) is 7.73. The topological polar surface area (TPSA) is 29.9 Å². The molecule has 0 saturated heterocycles. The van der Waals surface area contributed by atoms with Crippen LogP contribution in [-0.2, 0) is 6.54 Å². The van der Waals surface area contributed by atoms with E-state index in [0.717, 1.165) is 12.6 Å². The Balaban J connectivity index is 1.38. The maximum absolute atomic E-state index is 4.45. The van der Waals surface area contributed by atoms with Crippen LogP contribution in [0.5, 0.6) is 0 Å². The minimum Gasteiger partial charge on any atom is -0.314 e. The molecule has 0 unspecified atom stereocenters. The van der Waals surface area contributed by atoms with Gasteiger partial charge >= 0.3 is 0 Å². The van der Waals surface area contributed by atoms with Crippen LogP contribution in [0.2, 0.25) is 0 Å². The third kappa shape index (κ3) is 3.94. The number of aromatic nitrogens is 2. The molecule has 106 valence electrons. The van der Waals surface area contributed by atoms with Gasteiger partial charge in [-0.25, -0.2) is 0 Å². The van der Waals surface area contributed by atoms with Crippen LogP contribution < -0.4 is 5.32 Å². The van der Waals surface area contributed by atoms with Crippen LogP contribution in [0.4, 0.5) is 0 Å². The Kier molecular flexibility index (Phi) is 4.49. The fourth-order valence-electron chi connectivity index (χ4n) is 2.43. The van der Waals surface area contributed by atoms with Crippen LogP contribution in [0.1, 0.15) is 32.1 Å². The molecular weight excluding hydrogens is 246 g/mol. The number of benzene rings is 1. The largest absolute Gasteiger partial charge is 0.314 e. The van der Waals surface area contributed by atoms with E-state index in [-0.39, 0.29) is 0 Å². The van der Waals surface area contributed by atoms with E-state index in [4.69, 9.17) is 0 Å². The van der Waals surface area contributed by atoms with E-state index in [0.29, 0.717) is 0 Å². The van der Waals surface area contributed by atoms with Crippen LogP contribution in [0.3, 0.4) is 0 Å². The van der Waals surface area contributed by atoms with E-state index < -0.39 is 0 Å². The number of hydrogen-bond acceptors (Lipinski definition) is 2. The first-order valence-electron chi connectivity index (χ1n) is 7.73. The van der Waals surface area contributed by atoms with Crippen molar-refractivity contribution in [2.45, 2.75) is 44.7 Å². The summed E-state index contributed by atoms with van der Waals surface area (Å²) in [5.41, 5.74) is 2.45. The predicted octanol–water partition coefficient (Wildman–Crippen LogP) is 3.47. The number of aryl methyl sites for hydroxylation is 1. The van der Waals surface area contributed by atoms with Gasteiger partial charge in [-0.05, 0) is 37.8 Å². The summed E-state index contributed by atoms with van der Waals surface area (Å²) in [6.45, 7) is 2.20. The molecule has 0 radical (unpaired) electrons. The minimum atomic E-state index is 0.842. The Morgan fingerprint density at radius 3 is 2.70 bits per heavy atom. The van der Waals surface area contributed by atoms with Gasteiger partial charge in [0.2, 0.25) is 0 Å². The van der Waals surface area contributed by atoms with Crippen molar-refractivity contribution in [1.82, 2.24) is 15.1 Å². The van der Waals surface area contributed by atoms with Crippen molar-refractivity contribution in [2.24, 2.45) is 0 Å². The van der Waals surface area contributed by atoms with Crippen molar-refractivity contribution in [3.8, 4) is 11.1 Å². The van der Waals surface area contributed by atoms with E-state index in [1.807, 2.05) is 12.3 Å². The van der Waals surface area contributed by atoms with Crippen LogP contribution in [-0.4, -0.2) is 22.4 Å². The monoisotopic (exact) mass is 269 g/mol. The second-order valence-corrected chi connectivity index (χ2v) is 5.65. The first kappa shape index (κ1) is 13.4. The summed E-state index contributed by atoms with van der Waals surface area (Å²) in [5, 5.41) is 8.01. The molecule has 0 spiro atoms. The Morgan fingerprint density at radius 1 is 1.05 bits per heavy atom. The molecule has 1 aromatic carbocycles. The molecule has 0 amide bonds. The van der Waals surface area contributed by atoms with Crippen LogP contribution in [0, 0.1) is 0 Å². The van der Waals surface area contributed by atoms with Gasteiger partial charge in [0.15, 0.2) is 0 Å². The number of hydrogen-bond donors (Lipinski definition) is 1. The van der Waals surface area contributed by atoms with Crippen molar-refractivity contribution in [1.29, 1.82) is 0 Å². The van der Waals surface area contributed by atoms with E-state index in [1.54, 1.807) is 0 Å². The third-order valence-corrected chi connectivity index (χ3v) is 3.81. The molecule has 1 aliphatic rings. The van der Waals surface area contributed by atoms with Gasteiger partial charge in [0, 0.05) is 24.3 Å². The number of unbranched alkanes of at least 4 members (excludes halogenated alkanes) is 2. The maximum atomic E-state index is 4.45. The highest BCUT2D eigenvalue weighted by atomic mass is 15.3. The van der Waals surface area contributed by atoms with E-state index in [2.05, 4.69) is 45.6 Å². The minimum absolute atomic E-state index is 0.842. The highest BCUT2D eigenvalue weighted by Gasteiger charge is 2.19. The van der Waals surface area contributed by atoms with Crippen molar-refractivity contribution < 1.29 is 0 Å². The second-order valence-electron chi connectivity index (χ2n) is 5.65. The Bertz CT molecular complexity index is 514. The summed E-state index contributed by atoms with van der Waals surface area (Å²) in [7, 11) is 0. The van der Waals surface area contributed by atoms with Gasteiger partial charge in [0.25, 0.3) is 0 Å². The Morgan fingerprint density at radius 2 is 1.90 bits per heavy atom. The summed E-state index contributed by atoms with van der Waals surface area (Å²) in [5.74, 6) is 0. The van der Waals surface area contributed by atoms with Gasteiger partial charge in [-0.15, -0.1) is 0 Å². The average Bonchev–Trinajstić information content (AvgIpc) is 3.20. The fourth-order valence-corrected chi connectivity index (χ4v) is 2.43. The number of nitrogens with one attached hydrogen (secondary N) is 1. The summed E-state index contributed by atoms with van der Waals surface area (Å²) in [4.78, 5) is 0. The molecule has 0 bridgehead atoms. The molecule has 1 aromatic heterocycles. The van der Waals surface area contributed by atoms with Gasteiger partial charge in [-0.2, -0.15) is 5.10 Å². The van der Waals surface area contributed by atoms with Gasteiger partial charge in [-0.3, -0.25) is 4.68 Å². The molecular formula is C17H23N3. The quantitative estimate of drug-likeness (QED) is 0.744. The van der Waals surface area contributed by atoms with Crippen LogP contribution in [0.15, 0.2) is 42.7 Å². The molecule has 1 heterocycles. The van der Waals surface area contributed by atoms with E-state index in [1.165, 1.54) is 49.8 Å². The zero-order valence-corrected chi connectivity index (χ0v) is 12.0. The summed E-state index contributed by atoms with van der Waals surface area (Å²) < 4.78 is 2.07. The zero-order chi connectivity index (χ0) is 13.6. The van der Waals surface area contributed by atoms with Crippen LogP contribution >= 0.6 is 0 Å². The summed E-state index contributed by atoms with van der Waals surface area (Å²) in [6, 6.07) is 11.3. The lowest BCUT2D eigenvalue weighted by atomic mass is 10.1. The normalized spacial score (nSPS) is 14.6. The molecule has 20 heavy (non-hydrogen) atoms. The lowest BCUT2D eigenvalue weighted by molar-refractivity contribution is 0.528. The van der Waals surface area contributed by atoms with Gasteiger partial charge in [0.05, 0.1) is 6.20 Å². The highest BCUT2D eigenvalue weighted by Crippen LogP contribution is 2.19. The van der Waals surface area contributed by atoms with E-state index >= 15 is 0 Å². The third-order valence-electron chi connectivity index (χ3n) is 3.81. The molecule has 3 rings (SSSR count). The lowest BCUT2D eigenvalue weighted by Crippen LogP contribution is -2.17. The van der Waals surface area contributed by atoms with Gasteiger partial charge in [0.1, 0.15) is 0 Å². The molecule has 0 atom stereocenters. The SMILES string of the molecule is c1ccc(-c2cnn(CCCCCNC3CC3)c2)cc1. The average molecular weight is 269 g/mol. The standard InChI is InChI=1S/C17H23N3/c1-3-7-15(8-4-1)16-13-19-20(14-16)12-6-2-5-11-18-17-9-10-17/h1,3-4,7-8,13-14,17-18H,2,5-6,9-12H2. The van der Waals surface area contributed by atoms with E-state index in [9.17, 15) is 0 Å². The van der Waals surface area contributed by atoms with Crippen molar-refractivity contribution in [3.05, 3.63) is 42.7 Å². The maximum Gasteiger partial charge on any atom is 0.0568 e. The molecule has 0 aliphatic heterocycles. The number of rotatable bonds is 8. The van der Waals surface area contributed by atoms with Crippen molar-refractivity contribution in [2.75, 3.05) is 6.54 Å². The number of nitrogens with zero attached hydrogens (tertiary/aromatic N) is 2. The summed E-state index contributed by atoms with van der Waals surface area (Å²) >= 11 is 0. The second kappa shape index (κ2) is 6.71. The van der Waals surface area contributed by atoms with Crippen molar-refractivity contribution in [3.63, 3.8) is 0 Å².